The molecule has 0 aliphatic heterocycles. The first-order valence-electron chi connectivity index (χ1n) is 10.4. The van der Waals surface area contributed by atoms with Crippen molar-refractivity contribution in [3.05, 3.63) is 100.0 Å². The summed E-state index contributed by atoms with van der Waals surface area (Å²) < 4.78 is 2.17. The average molecular weight is 437 g/mol. The van der Waals surface area contributed by atoms with Crippen LogP contribution in [0.4, 0.5) is 0 Å². The van der Waals surface area contributed by atoms with Crippen molar-refractivity contribution in [1.29, 1.82) is 5.26 Å². The maximum Gasteiger partial charge on any atom is 0.149 e. The highest BCUT2D eigenvalue weighted by Crippen LogP contribution is 2.28. The molecule has 0 aliphatic carbocycles. The number of fused-ring (bicyclic) bond motifs is 2. The number of nitriles is 1. The fourth-order valence-corrected chi connectivity index (χ4v) is 4.23. The first-order valence-corrected chi connectivity index (χ1v) is 10.8. The lowest BCUT2D eigenvalue weighted by Crippen LogP contribution is -1.98. The van der Waals surface area contributed by atoms with Crippen molar-refractivity contribution in [1.82, 2.24) is 14.5 Å². The Morgan fingerprint density at radius 1 is 1.09 bits per heavy atom. The SMILES string of the molecule is Cc1cc2nc(C(C#N)=Cc3cn(Cc4ccccc4Cl)c4ccccc34)[nH]c2cc1C. The smallest absolute Gasteiger partial charge is 0.149 e. The molecule has 0 amide bonds. The Kier molecular flexibility index (Phi) is 5.05. The van der Waals surface area contributed by atoms with Gasteiger partial charge in [0.05, 0.1) is 16.6 Å². The van der Waals surface area contributed by atoms with Gasteiger partial charge in [0, 0.05) is 34.2 Å². The van der Waals surface area contributed by atoms with Crippen molar-refractivity contribution in [2.24, 2.45) is 0 Å². The zero-order chi connectivity index (χ0) is 22.2. The number of H-pyrrole nitrogens is 1. The predicted octanol–water partition coefficient (Wildman–Crippen LogP) is 6.90. The van der Waals surface area contributed by atoms with Gasteiger partial charge in [0.15, 0.2) is 0 Å². The summed E-state index contributed by atoms with van der Waals surface area (Å²) in [5, 5.41) is 11.7. The van der Waals surface area contributed by atoms with E-state index in [1.165, 1.54) is 11.1 Å². The molecule has 2 heterocycles. The number of hydrogen-bond acceptors (Lipinski definition) is 2. The summed E-state index contributed by atoms with van der Waals surface area (Å²) in [7, 11) is 0. The van der Waals surface area contributed by atoms with E-state index in [0.29, 0.717) is 17.9 Å². The molecule has 0 unspecified atom stereocenters. The van der Waals surface area contributed by atoms with Crippen molar-refractivity contribution in [3.8, 4) is 6.07 Å². The van der Waals surface area contributed by atoms with E-state index in [1.54, 1.807) is 0 Å². The summed E-state index contributed by atoms with van der Waals surface area (Å²) in [6.45, 7) is 4.79. The third-order valence-electron chi connectivity index (χ3n) is 5.89. The lowest BCUT2D eigenvalue weighted by atomic mass is 10.1. The second kappa shape index (κ2) is 8.03. The van der Waals surface area contributed by atoms with E-state index in [-0.39, 0.29) is 0 Å². The Labute approximate surface area is 191 Å². The highest BCUT2D eigenvalue weighted by Gasteiger charge is 2.13. The van der Waals surface area contributed by atoms with Crippen LogP contribution in [0.15, 0.2) is 66.9 Å². The number of rotatable bonds is 4. The summed E-state index contributed by atoms with van der Waals surface area (Å²) in [6.07, 6.45) is 3.98. The molecule has 5 rings (SSSR count). The van der Waals surface area contributed by atoms with Gasteiger partial charge in [-0.05, 0) is 60.9 Å². The number of aryl methyl sites for hydroxylation is 2. The van der Waals surface area contributed by atoms with Gasteiger partial charge in [0.2, 0.25) is 0 Å². The minimum atomic E-state index is 0.497. The van der Waals surface area contributed by atoms with Gasteiger partial charge in [0.25, 0.3) is 0 Å². The van der Waals surface area contributed by atoms with Gasteiger partial charge in [0.1, 0.15) is 11.9 Å². The molecule has 2 aromatic heterocycles. The summed E-state index contributed by atoms with van der Waals surface area (Å²) in [6, 6.07) is 22.5. The molecular formula is C27H21ClN4. The van der Waals surface area contributed by atoms with Crippen LogP contribution in [0.3, 0.4) is 0 Å². The van der Waals surface area contributed by atoms with E-state index in [0.717, 1.165) is 38.1 Å². The van der Waals surface area contributed by atoms with Crippen molar-refractivity contribution < 1.29 is 0 Å². The van der Waals surface area contributed by atoms with Gasteiger partial charge in [-0.1, -0.05) is 48.0 Å². The minimum absolute atomic E-state index is 0.497. The van der Waals surface area contributed by atoms with E-state index in [2.05, 4.69) is 64.9 Å². The van der Waals surface area contributed by atoms with Crippen LogP contribution in [0.2, 0.25) is 5.02 Å². The lowest BCUT2D eigenvalue weighted by molar-refractivity contribution is 0.836. The number of nitrogens with zero attached hydrogens (tertiary/aromatic N) is 3. The molecule has 0 aliphatic rings. The molecule has 5 aromatic rings. The van der Waals surface area contributed by atoms with Gasteiger partial charge >= 0.3 is 0 Å². The maximum absolute atomic E-state index is 9.92. The molecule has 4 nitrogen and oxygen atoms in total. The van der Waals surface area contributed by atoms with Crippen molar-refractivity contribution in [2.45, 2.75) is 20.4 Å². The fourth-order valence-electron chi connectivity index (χ4n) is 4.04. The van der Waals surface area contributed by atoms with Crippen LogP contribution in [-0.2, 0) is 6.54 Å². The maximum atomic E-state index is 9.92. The number of imidazole rings is 1. The molecular weight excluding hydrogens is 416 g/mol. The lowest BCUT2D eigenvalue weighted by Gasteiger charge is -2.07. The molecule has 0 saturated carbocycles. The summed E-state index contributed by atoms with van der Waals surface area (Å²) in [5.74, 6) is 0.579. The van der Waals surface area contributed by atoms with Crippen molar-refractivity contribution >= 4 is 45.2 Å². The number of allylic oxidation sites excluding steroid dienone is 1. The van der Waals surface area contributed by atoms with Gasteiger partial charge in [-0.15, -0.1) is 0 Å². The molecule has 0 spiro atoms. The zero-order valence-corrected chi connectivity index (χ0v) is 18.6. The number of hydrogen-bond donors (Lipinski definition) is 1. The van der Waals surface area contributed by atoms with Crippen LogP contribution in [0, 0.1) is 25.2 Å². The Balaban J connectivity index is 1.61. The predicted molar refractivity (Wildman–Crippen MR) is 132 cm³/mol. The second-order valence-corrected chi connectivity index (χ2v) is 8.44. The summed E-state index contributed by atoms with van der Waals surface area (Å²) in [5.41, 5.74) is 7.78. The summed E-state index contributed by atoms with van der Waals surface area (Å²) in [4.78, 5) is 7.99. The fraction of sp³-hybridized carbons (Fsp3) is 0.111. The Bertz CT molecular complexity index is 1510. The van der Waals surface area contributed by atoms with Gasteiger partial charge in [-0.2, -0.15) is 5.26 Å². The number of aromatic nitrogens is 3. The Morgan fingerprint density at radius 3 is 2.66 bits per heavy atom. The third-order valence-corrected chi connectivity index (χ3v) is 6.26. The van der Waals surface area contributed by atoms with E-state index >= 15 is 0 Å². The van der Waals surface area contributed by atoms with E-state index in [9.17, 15) is 5.26 Å². The second-order valence-electron chi connectivity index (χ2n) is 8.03. The van der Waals surface area contributed by atoms with Crippen LogP contribution >= 0.6 is 11.6 Å². The largest absolute Gasteiger partial charge is 0.342 e. The molecule has 3 aromatic carbocycles. The minimum Gasteiger partial charge on any atom is -0.342 e. The summed E-state index contributed by atoms with van der Waals surface area (Å²) >= 11 is 6.40. The monoisotopic (exact) mass is 436 g/mol. The van der Waals surface area contributed by atoms with Crippen LogP contribution in [0.25, 0.3) is 33.6 Å². The standard InChI is InChI=1S/C27H21ClN4/c1-17-11-24-25(12-18(17)2)31-27(30-24)20(14-29)13-21-16-32(26-10-6-4-8-22(21)26)15-19-7-3-5-9-23(19)28/h3-13,16H,15H2,1-2H3,(H,30,31). The first kappa shape index (κ1) is 20.1. The normalized spacial score (nSPS) is 11.9. The topological polar surface area (TPSA) is 57.4 Å². The number of nitrogens with one attached hydrogen (secondary N) is 1. The van der Waals surface area contributed by atoms with Gasteiger partial charge in [-0.25, -0.2) is 4.98 Å². The van der Waals surface area contributed by atoms with Gasteiger partial charge in [-0.3, -0.25) is 0 Å². The Hall–Kier alpha value is -3.81. The molecule has 32 heavy (non-hydrogen) atoms. The zero-order valence-electron chi connectivity index (χ0n) is 17.9. The number of halogens is 1. The molecule has 0 bridgehead atoms. The average Bonchev–Trinajstić information content (AvgIpc) is 3.35. The first-order chi connectivity index (χ1) is 15.5. The van der Waals surface area contributed by atoms with Crippen LogP contribution in [0.1, 0.15) is 28.1 Å². The van der Waals surface area contributed by atoms with E-state index < -0.39 is 0 Å². The van der Waals surface area contributed by atoms with Crippen molar-refractivity contribution in [2.75, 3.05) is 0 Å². The molecule has 1 N–H and O–H groups in total. The van der Waals surface area contributed by atoms with Crippen LogP contribution in [-0.4, -0.2) is 14.5 Å². The van der Waals surface area contributed by atoms with Gasteiger partial charge < -0.3 is 9.55 Å². The molecule has 0 atom stereocenters. The molecule has 0 radical (unpaired) electrons. The van der Waals surface area contributed by atoms with Crippen LogP contribution in [0.5, 0.6) is 0 Å². The van der Waals surface area contributed by atoms with Crippen molar-refractivity contribution in [3.63, 3.8) is 0 Å². The highest BCUT2D eigenvalue weighted by atomic mass is 35.5. The number of para-hydroxylation sites is 1. The van der Waals surface area contributed by atoms with Crippen LogP contribution < -0.4 is 0 Å². The molecule has 0 saturated heterocycles. The molecule has 156 valence electrons. The Morgan fingerprint density at radius 2 is 1.84 bits per heavy atom. The van der Waals surface area contributed by atoms with E-state index in [4.69, 9.17) is 11.6 Å². The van der Waals surface area contributed by atoms with E-state index in [1.807, 2.05) is 42.5 Å². The quantitative estimate of drug-likeness (QED) is 0.311. The molecule has 0 fully saturated rings. The molecule has 5 heteroatoms. The number of benzene rings is 3. The highest BCUT2D eigenvalue weighted by molar-refractivity contribution is 6.31. The number of aromatic amines is 1. The third kappa shape index (κ3) is 3.57.